The first kappa shape index (κ1) is 20.8. The van der Waals surface area contributed by atoms with E-state index in [4.69, 9.17) is 0 Å². The highest BCUT2D eigenvalue weighted by molar-refractivity contribution is 7.89. The number of carbonyl (C=O) groups is 1. The zero-order chi connectivity index (χ0) is 19.3. The molecule has 1 amide bonds. The van der Waals surface area contributed by atoms with E-state index in [0.29, 0.717) is 0 Å². The summed E-state index contributed by atoms with van der Waals surface area (Å²) < 4.78 is 40.8. The number of nitrogens with zero attached hydrogens (tertiary/aromatic N) is 2. The van der Waals surface area contributed by atoms with Crippen molar-refractivity contribution >= 4 is 15.9 Å². The minimum absolute atomic E-state index is 0.151. The molecule has 5 nitrogen and oxygen atoms in total. The molecule has 0 atom stereocenters. The molecule has 0 aromatic heterocycles. The topological polar surface area (TPSA) is 57.7 Å². The molecule has 26 heavy (non-hydrogen) atoms. The van der Waals surface area contributed by atoms with E-state index in [9.17, 15) is 17.6 Å². The number of hydrogen-bond donors (Lipinski definition) is 0. The molecule has 2 rings (SSSR count). The molecule has 0 bridgehead atoms. The van der Waals surface area contributed by atoms with Crippen LogP contribution in [0.15, 0.2) is 23.1 Å². The largest absolute Gasteiger partial charge is 0.339 e. The fourth-order valence-electron chi connectivity index (χ4n) is 3.55. The second-order valence-corrected chi connectivity index (χ2v) is 8.70. The number of hydrogen-bond acceptors (Lipinski definition) is 3. The Kier molecular flexibility index (Phi) is 7.17. The highest BCUT2D eigenvalue weighted by Gasteiger charge is 2.28. The fourth-order valence-corrected chi connectivity index (χ4v) is 5.10. The third kappa shape index (κ3) is 4.43. The van der Waals surface area contributed by atoms with Crippen LogP contribution in [-0.2, 0) is 10.0 Å². The Hall–Kier alpha value is -1.47. The molecule has 1 saturated carbocycles. The summed E-state index contributed by atoms with van der Waals surface area (Å²) in [7, 11) is -2.21. The van der Waals surface area contributed by atoms with Gasteiger partial charge in [0.1, 0.15) is 10.7 Å². The van der Waals surface area contributed by atoms with Crippen LogP contribution < -0.4 is 0 Å². The third-order valence-corrected chi connectivity index (χ3v) is 7.26. The molecule has 0 spiro atoms. The van der Waals surface area contributed by atoms with Crippen LogP contribution in [0.5, 0.6) is 0 Å². The van der Waals surface area contributed by atoms with Gasteiger partial charge in [0.25, 0.3) is 5.91 Å². The number of benzene rings is 1. The van der Waals surface area contributed by atoms with Crippen molar-refractivity contribution in [1.82, 2.24) is 9.21 Å². The molecule has 1 fully saturated rings. The Morgan fingerprint density at radius 2 is 1.69 bits per heavy atom. The maximum atomic E-state index is 14.2. The molecule has 1 aliphatic rings. The van der Waals surface area contributed by atoms with E-state index in [1.54, 1.807) is 25.8 Å². The lowest BCUT2D eigenvalue weighted by Gasteiger charge is -2.27. The quantitative estimate of drug-likeness (QED) is 0.704. The Bertz CT molecular complexity index is 724. The molecular weight excluding hydrogens is 355 g/mol. The summed E-state index contributed by atoms with van der Waals surface area (Å²) >= 11 is 0. The first-order chi connectivity index (χ1) is 12.3. The van der Waals surface area contributed by atoms with Crippen LogP contribution in [-0.4, -0.2) is 49.7 Å². The monoisotopic (exact) mass is 384 g/mol. The first-order valence-corrected chi connectivity index (χ1v) is 10.8. The summed E-state index contributed by atoms with van der Waals surface area (Å²) in [5.74, 6) is -1.08. The van der Waals surface area contributed by atoms with Crippen molar-refractivity contribution in [1.29, 1.82) is 0 Å². The number of sulfonamides is 1. The van der Waals surface area contributed by atoms with Crippen LogP contribution >= 0.6 is 0 Å². The fraction of sp³-hybridized carbons (Fsp3) is 0.632. The van der Waals surface area contributed by atoms with Crippen LogP contribution in [0.25, 0.3) is 0 Å². The Morgan fingerprint density at radius 1 is 1.12 bits per heavy atom. The van der Waals surface area contributed by atoms with Crippen LogP contribution in [0.4, 0.5) is 4.39 Å². The number of amides is 1. The molecule has 0 heterocycles. The van der Waals surface area contributed by atoms with E-state index in [1.807, 2.05) is 0 Å². The molecule has 1 aromatic rings. The molecule has 1 aromatic carbocycles. The summed E-state index contributed by atoms with van der Waals surface area (Å²) in [6.07, 6.45) is 6.45. The Balaban J connectivity index is 2.32. The second-order valence-electron chi connectivity index (χ2n) is 6.80. The van der Waals surface area contributed by atoms with Gasteiger partial charge in [-0.2, -0.15) is 4.31 Å². The molecule has 146 valence electrons. The SMILES string of the molecule is CCN(CC)S(=O)(=O)c1cc(C(=O)N(C)C2CCCCCC2)ccc1F. The van der Waals surface area contributed by atoms with Crippen molar-refractivity contribution in [3.8, 4) is 0 Å². The molecule has 1 aliphatic carbocycles. The van der Waals surface area contributed by atoms with Gasteiger partial charge in [0.2, 0.25) is 10.0 Å². The summed E-state index contributed by atoms with van der Waals surface area (Å²) in [6, 6.07) is 3.77. The van der Waals surface area contributed by atoms with Crippen LogP contribution in [0, 0.1) is 5.82 Å². The van der Waals surface area contributed by atoms with E-state index >= 15 is 0 Å². The first-order valence-electron chi connectivity index (χ1n) is 9.39. The van der Waals surface area contributed by atoms with E-state index in [0.717, 1.165) is 31.7 Å². The lowest BCUT2D eigenvalue weighted by atomic mass is 10.1. The van der Waals surface area contributed by atoms with Crippen LogP contribution in [0.3, 0.4) is 0 Å². The maximum Gasteiger partial charge on any atom is 0.253 e. The number of rotatable bonds is 6. The van der Waals surface area contributed by atoms with E-state index in [-0.39, 0.29) is 30.6 Å². The van der Waals surface area contributed by atoms with Gasteiger partial charge >= 0.3 is 0 Å². The van der Waals surface area contributed by atoms with Crippen molar-refractivity contribution in [2.45, 2.75) is 63.3 Å². The van der Waals surface area contributed by atoms with Crippen molar-refractivity contribution in [2.75, 3.05) is 20.1 Å². The highest BCUT2D eigenvalue weighted by Crippen LogP contribution is 2.25. The normalized spacial score (nSPS) is 16.5. The van der Waals surface area contributed by atoms with E-state index in [2.05, 4.69) is 0 Å². The average molecular weight is 385 g/mol. The van der Waals surface area contributed by atoms with Crippen molar-refractivity contribution in [2.24, 2.45) is 0 Å². The van der Waals surface area contributed by atoms with Gasteiger partial charge in [0, 0.05) is 31.7 Å². The van der Waals surface area contributed by atoms with Gasteiger partial charge in [-0.15, -0.1) is 0 Å². The molecule has 0 N–H and O–H groups in total. The second kappa shape index (κ2) is 8.95. The standard InChI is InChI=1S/C19H29FN2O3S/c1-4-22(5-2)26(24,25)18-14-15(12-13-17(18)20)19(23)21(3)16-10-8-6-7-9-11-16/h12-14,16H,4-11H2,1-3H3. The third-order valence-electron chi connectivity index (χ3n) is 5.19. The molecule has 0 aliphatic heterocycles. The average Bonchev–Trinajstić information content (AvgIpc) is 2.91. The predicted molar refractivity (Wildman–Crippen MR) is 100 cm³/mol. The number of carbonyl (C=O) groups excluding carboxylic acids is 1. The summed E-state index contributed by atoms with van der Waals surface area (Å²) in [5, 5.41) is 0. The van der Waals surface area contributed by atoms with Crippen molar-refractivity contribution in [3.05, 3.63) is 29.6 Å². The van der Waals surface area contributed by atoms with Crippen molar-refractivity contribution in [3.63, 3.8) is 0 Å². The van der Waals surface area contributed by atoms with Gasteiger partial charge in [-0.25, -0.2) is 12.8 Å². The predicted octanol–water partition coefficient (Wildman–Crippen LogP) is 3.65. The molecular formula is C19H29FN2O3S. The van der Waals surface area contributed by atoms with Crippen molar-refractivity contribution < 1.29 is 17.6 Å². The van der Waals surface area contributed by atoms with Gasteiger partial charge in [0.05, 0.1) is 0 Å². The summed E-state index contributed by atoms with van der Waals surface area (Å²) in [6.45, 7) is 3.90. The lowest BCUT2D eigenvalue weighted by Crippen LogP contribution is -2.37. The van der Waals surface area contributed by atoms with Gasteiger partial charge < -0.3 is 4.90 Å². The zero-order valence-electron chi connectivity index (χ0n) is 15.9. The minimum Gasteiger partial charge on any atom is -0.339 e. The molecule has 0 saturated heterocycles. The minimum atomic E-state index is -3.96. The van der Waals surface area contributed by atoms with Gasteiger partial charge in [-0.05, 0) is 31.0 Å². The number of halogens is 1. The van der Waals surface area contributed by atoms with E-state index in [1.165, 1.54) is 29.3 Å². The summed E-state index contributed by atoms with van der Waals surface area (Å²) in [5.41, 5.74) is 0.212. The van der Waals surface area contributed by atoms with E-state index < -0.39 is 20.7 Å². The van der Waals surface area contributed by atoms with Gasteiger partial charge in [-0.1, -0.05) is 39.5 Å². The van der Waals surface area contributed by atoms with Crippen LogP contribution in [0.1, 0.15) is 62.7 Å². The molecule has 0 unspecified atom stereocenters. The maximum absolute atomic E-state index is 14.2. The highest BCUT2D eigenvalue weighted by atomic mass is 32.2. The van der Waals surface area contributed by atoms with Crippen LogP contribution in [0.2, 0.25) is 0 Å². The van der Waals surface area contributed by atoms with Gasteiger partial charge in [-0.3, -0.25) is 4.79 Å². The summed E-state index contributed by atoms with van der Waals surface area (Å²) in [4.78, 5) is 14.1. The lowest BCUT2D eigenvalue weighted by molar-refractivity contribution is 0.0717. The Morgan fingerprint density at radius 3 is 2.23 bits per heavy atom. The smallest absolute Gasteiger partial charge is 0.253 e. The Labute approximate surface area is 156 Å². The van der Waals surface area contributed by atoms with Gasteiger partial charge in [0.15, 0.2) is 0 Å². The zero-order valence-corrected chi connectivity index (χ0v) is 16.7. The molecule has 0 radical (unpaired) electrons. The molecule has 7 heteroatoms.